The van der Waals surface area contributed by atoms with Crippen LogP contribution in [-0.4, -0.2) is 5.78 Å². The van der Waals surface area contributed by atoms with Crippen molar-refractivity contribution in [3.05, 3.63) is 11.6 Å². The van der Waals surface area contributed by atoms with Crippen molar-refractivity contribution in [2.45, 2.75) is 40.0 Å². The molecule has 1 unspecified atom stereocenters. The van der Waals surface area contributed by atoms with Gasteiger partial charge in [-0.1, -0.05) is 26.3 Å². The SMILES string of the molecule is CC(C)C(C)CC1=CC(=O)CC1. The zero-order valence-corrected chi connectivity index (χ0v) is 8.26. The summed E-state index contributed by atoms with van der Waals surface area (Å²) in [5.74, 6) is 1.75. The Morgan fingerprint density at radius 2 is 2.00 bits per heavy atom. The Kier molecular flexibility index (Phi) is 3.07. The average molecular weight is 166 g/mol. The highest BCUT2D eigenvalue weighted by molar-refractivity contribution is 5.92. The lowest BCUT2D eigenvalue weighted by atomic mass is 9.91. The summed E-state index contributed by atoms with van der Waals surface area (Å²) in [5, 5.41) is 0. The first kappa shape index (κ1) is 9.50. The van der Waals surface area contributed by atoms with E-state index in [4.69, 9.17) is 0 Å². The zero-order chi connectivity index (χ0) is 9.14. The van der Waals surface area contributed by atoms with Gasteiger partial charge in [-0.2, -0.15) is 0 Å². The summed E-state index contributed by atoms with van der Waals surface area (Å²) in [4.78, 5) is 10.9. The van der Waals surface area contributed by atoms with Crippen molar-refractivity contribution in [3.8, 4) is 0 Å². The predicted octanol–water partition coefficient (Wildman–Crippen LogP) is 2.96. The molecule has 0 spiro atoms. The molecule has 1 aliphatic rings. The van der Waals surface area contributed by atoms with Crippen molar-refractivity contribution < 1.29 is 4.79 Å². The first-order chi connectivity index (χ1) is 5.59. The van der Waals surface area contributed by atoms with Gasteiger partial charge in [0.1, 0.15) is 0 Å². The van der Waals surface area contributed by atoms with E-state index in [9.17, 15) is 4.79 Å². The lowest BCUT2D eigenvalue weighted by Gasteiger charge is -2.15. The summed E-state index contributed by atoms with van der Waals surface area (Å²) in [5.41, 5.74) is 1.36. The molecular formula is C11H18O. The van der Waals surface area contributed by atoms with Crippen LogP contribution in [0.2, 0.25) is 0 Å². The third kappa shape index (κ3) is 2.47. The molecule has 0 N–H and O–H groups in total. The maximum Gasteiger partial charge on any atom is 0.155 e. The van der Waals surface area contributed by atoms with Gasteiger partial charge in [0, 0.05) is 6.42 Å². The van der Waals surface area contributed by atoms with Crippen LogP contribution in [0.25, 0.3) is 0 Å². The van der Waals surface area contributed by atoms with Crippen LogP contribution in [0, 0.1) is 11.8 Å². The van der Waals surface area contributed by atoms with Gasteiger partial charge in [0.05, 0.1) is 0 Å². The van der Waals surface area contributed by atoms with Crippen molar-refractivity contribution in [2.24, 2.45) is 11.8 Å². The number of hydrogen-bond acceptors (Lipinski definition) is 1. The Morgan fingerprint density at radius 1 is 1.33 bits per heavy atom. The number of carbonyl (C=O) groups excluding carboxylic acids is 1. The minimum Gasteiger partial charge on any atom is -0.295 e. The Balaban J connectivity index is 2.41. The number of ketones is 1. The van der Waals surface area contributed by atoms with Gasteiger partial charge in [-0.15, -0.1) is 0 Å². The maximum atomic E-state index is 10.9. The molecule has 0 heterocycles. The Morgan fingerprint density at radius 3 is 2.42 bits per heavy atom. The Hall–Kier alpha value is -0.590. The highest BCUT2D eigenvalue weighted by atomic mass is 16.1. The van der Waals surface area contributed by atoms with Crippen molar-refractivity contribution >= 4 is 5.78 Å². The second-order valence-corrected chi connectivity index (χ2v) is 4.19. The number of allylic oxidation sites excluding steroid dienone is 2. The molecule has 0 amide bonds. The minimum atomic E-state index is 0.320. The summed E-state index contributed by atoms with van der Waals surface area (Å²) < 4.78 is 0. The van der Waals surface area contributed by atoms with Gasteiger partial charge in [-0.3, -0.25) is 4.79 Å². The first-order valence-electron chi connectivity index (χ1n) is 4.82. The molecule has 1 heteroatoms. The normalized spacial score (nSPS) is 20.0. The van der Waals surface area contributed by atoms with E-state index in [1.165, 1.54) is 5.57 Å². The highest BCUT2D eigenvalue weighted by Gasteiger charge is 2.15. The van der Waals surface area contributed by atoms with Crippen molar-refractivity contribution in [2.75, 3.05) is 0 Å². The van der Waals surface area contributed by atoms with Crippen LogP contribution in [-0.2, 0) is 4.79 Å². The standard InChI is InChI=1S/C11H18O/c1-8(2)9(3)6-10-4-5-11(12)7-10/h7-9H,4-6H2,1-3H3. The molecule has 0 aliphatic heterocycles. The van der Waals surface area contributed by atoms with Crippen LogP contribution in [0.1, 0.15) is 40.0 Å². The summed E-state index contributed by atoms with van der Waals surface area (Å²) in [6, 6.07) is 0. The van der Waals surface area contributed by atoms with Gasteiger partial charge in [0.2, 0.25) is 0 Å². The summed E-state index contributed by atoms with van der Waals surface area (Å²) in [6.07, 6.45) is 4.72. The van der Waals surface area contributed by atoms with Gasteiger partial charge in [-0.05, 0) is 30.8 Å². The average Bonchev–Trinajstić information content (AvgIpc) is 2.35. The molecule has 0 aromatic carbocycles. The molecule has 0 radical (unpaired) electrons. The molecule has 0 aromatic rings. The number of hydrogen-bond donors (Lipinski definition) is 0. The number of rotatable bonds is 3. The lowest BCUT2D eigenvalue weighted by Crippen LogP contribution is -2.04. The van der Waals surface area contributed by atoms with E-state index in [0.717, 1.165) is 25.2 Å². The van der Waals surface area contributed by atoms with Crippen molar-refractivity contribution in [3.63, 3.8) is 0 Å². The minimum absolute atomic E-state index is 0.320. The molecule has 1 atom stereocenters. The molecule has 1 nitrogen and oxygen atoms in total. The van der Waals surface area contributed by atoms with E-state index < -0.39 is 0 Å². The second kappa shape index (κ2) is 3.88. The van der Waals surface area contributed by atoms with Crippen LogP contribution in [0.4, 0.5) is 0 Å². The van der Waals surface area contributed by atoms with Crippen LogP contribution in [0.15, 0.2) is 11.6 Å². The monoisotopic (exact) mass is 166 g/mol. The second-order valence-electron chi connectivity index (χ2n) is 4.19. The molecule has 1 rings (SSSR count). The molecular weight excluding hydrogens is 148 g/mol. The van der Waals surface area contributed by atoms with Crippen molar-refractivity contribution in [1.82, 2.24) is 0 Å². The molecule has 0 saturated carbocycles. The van der Waals surface area contributed by atoms with E-state index in [0.29, 0.717) is 11.7 Å². The molecule has 0 bridgehead atoms. The van der Waals surface area contributed by atoms with Gasteiger partial charge in [0.15, 0.2) is 5.78 Å². The molecule has 12 heavy (non-hydrogen) atoms. The fraction of sp³-hybridized carbons (Fsp3) is 0.727. The Labute approximate surface area is 74.9 Å². The molecule has 1 aliphatic carbocycles. The molecule has 0 aromatic heterocycles. The van der Waals surface area contributed by atoms with Gasteiger partial charge >= 0.3 is 0 Å². The van der Waals surface area contributed by atoms with Gasteiger partial charge in [0.25, 0.3) is 0 Å². The van der Waals surface area contributed by atoms with Crippen molar-refractivity contribution in [1.29, 1.82) is 0 Å². The lowest BCUT2D eigenvalue weighted by molar-refractivity contribution is -0.114. The van der Waals surface area contributed by atoms with E-state index in [1.807, 2.05) is 6.08 Å². The zero-order valence-electron chi connectivity index (χ0n) is 8.26. The van der Waals surface area contributed by atoms with Gasteiger partial charge < -0.3 is 0 Å². The van der Waals surface area contributed by atoms with Gasteiger partial charge in [-0.25, -0.2) is 0 Å². The third-order valence-corrected chi connectivity index (χ3v) is 2.78. The van der Waals surface area contributed by atoms with E-state index >= 15 is 0 Å². The number of carbonyl (C=O) groups is 1. The fourth-order valence-corrected chi connectivity index (χ4v) is 1.47. The summed E-state index contributed by atoms with van der Waals surface area (Å²) in [7, 11) is 0. The largest absolute Gasteiger partial charge is 0.295 e. The third-order valence-electron chi connectivity index (χ3n) is 2.78. The van der Waals surface area contributed by atoms with E-state index in [-0.39, 0.29) is 0 Å². The van der Waals surface area contributed by atoms with E-state index in [1.54, 1.807) is 0 Å². The van der Waals surface area contributed by atoms with Crippen LogP contribution >= 0.6 is 0 Å². The predicted molar refractivity (Wildman–Crippen MR) is 50.9 cm³/mol. The molecule has 0 saturated heterocycles. The fourth-order valence-electron chi connectivity index (χ4n) is 1.47. The maximum absolute atomic E-state index is 10.9. The first-order valence-corrected chi connectivity index (χ1v) is 4.82. The summed E-state index contributed by atoms with van der Waals surface area (Å²) in [6.45, 7) is 6.73. The molecule has 0 fully saturated rings. The van der Waals surface area contributed by atoms with Crippen LogP contribution in [0.5, 0.6) is 0 Å². The topological polar surface area (TPSA) is 17.1 Å². The van der Waals surface area contributed by atoms with Crippen LogP contribution in [0.3, 0.4) is 0 Å². The van der Waals surface area contributed by atoms with Crippen LogP contribution < -0.4 is 0 Å². The smallest absolute Gasteiger partial charge is 0.155 e. The Bertz CT molecular complexity index is 201. The highest BCUT2D eigenvalue weighted by Crippen LogP contribution is 2.25. The molecule has 68 valence electrons. The quantitative estimate of drug-likeness (QED) is 0.630. The summed E-state index contributed by atoms with van der Waals surface area (Å²) >= 11 is 0. The van der Waals surface area contributed by atoms with E-state index in [2.05, 4.69) is 20.8 Å².